The SMILES string of the molecule is CCNCc1cc(=O)[nH]c(-c2ncc(C)cn2)n1. The van der Waals surface area contributed by atoms with Crippen LogP contribution in [0.25, 0.3) is 11.6 Å². The summed E-state index contributed by atoms with van der Waals surface area (Å²) in [5.41, 5.74) is 1.45. The van der Waals surface area contributed by atoms with Crippen molar-refractivity contribution >= 4 is 0 Å². The molecule has 0 radical (unpaired) electrons. The molecule has 0 aromatic carbocycles. The molecular weight excluding hydrogens is 230 g/mol. The lowest BCUT2D eigenvalue weighted by molar-refractivity contribution is 0.707. The molecule has 2 aromatic heterocycles. The van der Waals surface area contributed by atoms with Crippen molar-refractivity contribution in [3.8, 4) is 11.6 Å². The lowest BCUT2D eigenvalue weighted by Crippen LogP contribution is -2.17. The van der Waals surface area contributed by atoms with Crippen LogP contribution in [0.1, 0.15) is 18.2 Å². The number of hydrogen-bond donors (Lipinski definition) is 2. The van der Waals surface area contributed by atoms with Gasteiger partial charge in [-0.15, -0.1) is 0 Å². The van der Waals surface area contributed by atoms with E-state index in [-0.39, 0.29) is 5.56 Å². The average molecular weight is 245 g/mol. The molecule has 0 bridgehead atoms. The fourth-order valence-corrected chi connectivity index (χ4v) is 1.47. The van der Waals surface area contributed by atoms with Gasteiger partial charge < -0.3 is 10.3 Å². The van der Waals surface area contributed by atoms with Crippen molar-refractivity contribution < 1.29 is 0 Å². The maximum Gasteiger partial charge on any atom is 0.251 e. The summed E-state index contributed by atoms with van der Waals surface area (Å²) in [7, 11) is 0. The van der Waals surface area contributed by atoms with Gasteiger partial charge in [-0.2, -0.15) is 0 Å². The van der Waals surface area contributed by atoms with E-state index in [9.17, 15) is 4.79 Å². The predicted molar refractivity (Wildman–Crippen MR) is 68.0 cm³/mol. The number of H-pyrrole nitrogens is 1. The van der Waals surface area contributed by atoms with Gasteiger partial charge in [0.15, 0.2) is 11.6 Å². The molecule has 0 spiro atoms. The van der Waals surface area contributed by atoms with E-state index in [0.29, 0.717) is 23.9 Å². The van der Waals surface area contributed by atoms with Gasteiger partial charge in [-0.25, -0.2) is 15.0 Å². The average Bonchev–Trinajstić information content (AvgIpc) is 2.36. The van der Waals surface area contributed by atoms with E-state index >= 15 is 0 Å². The van der Waals surface area contributed by atoms with E-state index in [2.05, 4.69) is 25.3 Å². The lowest BCUT2D eigenvalue weighted by Gasteiger charge is -2.03. The smallest absolute Gasteiger partial charge is 0.251 e. The monoisotopic (exact) mass is 245 g/mol. The van der Waals surface area contributed by atoms with Gasteiger partial charge in [-0.3, -0.25) is 4.79 Å². The number of nitrogens with zero attached hydrogens (tertiary/aromatic N) is 3. The maximum absolute atomic E-state index is 11.5. The first kappa shape index (κ1) is 12.4. The number of aryl methyl sites for hydroxylation is 1. The van der Waals surface area contributed by atoms with E-state index in [4.69, 9.17) is 0 Å². The summed E-state index contributed by atoms with van der Waals surface area (Å²) in [5, 5.41) is 3.12. The standard InChI is InChI=1S/C12H15N5O/c1-3-13-7-9-4-10(18)17-12(16-9)11-14-5-8(2)6-15-11/h4-6,13H,3,7H2,1-2H3,(H,16,17,18). The first-order chi connectivity index (χ1) is 8.69. The topological polar surface area (TPSA) is 83.6 Å². The molecule has 0 aliphatic carbocycles. The van der Waals surface area contributed by atoms with Crippen LogP contribution in [0, 0.1) is 6.92 Å². The molecule has 0 aliphatic rings. The molecule has 18 heavy (non-hydrogen) atoms. The second kappa shape index (κ2) is 5.50. The third-order valence-electron chi connectivity index (χ3n) is 2.34. The third-order valence-corrected chi connectivity index (χ3v) is 2.34. The molecule has 0 saturated heterocycles. The highest BCUT2D eigenvalue weighted by Gasteiger charge is 2.06. The zero-order valence-electron chi connectivity index (χ0n) is 10.4. The second-order valence-corrected chi connectivity index (χ2v) is 3.95. The molecule has 0 amide bonds. The van der Waals surface area contributed by atoms with Crippen molar-refractivity contribution in [2.75, 3.05) is 6.54 Å². The number of nitrogens with one attached hydrogen (secondary N) is 2. The van der Waals surface area contributed by atoms with Crippen LogP contribution >= 0.6 is 0 Å². The number of aromatic amines is 1. The zero-order valence-corrected chi connectivity index (χ0v) is 10.4. The summed E-state index contributed by atoms with van der Waals surface area (Å²) in [6.45, 7) is 5.28. The normalized spacial score (nSPS) is 10.6. The summed E-state index contributed by atoms with van der Waals surface area (Å²) < 4.78 is 0. The quantitative estimate of drug-likeness (QED) is 0.826. The third kappa shape index (κ3) is 2.98. The Labute approximate surface area is 105 Å². The highest BCUT2D eigenvalue weighted by molar-refractivity contribution is 5.42. The lowest BCUT2D eigenvalue weighted by atomic mass is 10.3. The highest BCUT2D eigenvalue weighted by Crippen LogP contribution is 2.07. The number of hydrogen-bond acceptors (Lipinski definition) is 5. The first-order valence-electron chi connectivity index (χ1n) is 5.79. The van der Waals surface area contributed by atoms with Gasteiger partial charge in [0.25, 0.3) is 5.56 Å². The zero-order chi connectivity index (χ0) is 13.0. The Balaban J connectivity index is 2.35. The summed E-state index contributed by atoms with van der Waals surface area (Å²) in [5.74, 6) is 0.825. The van der Waals surface area contributed by atoms with Gasteiger partial charge >= 0.3 is 0 Å². The Morgan fingerprint density at radius 3 is 2.72 bits per heavy atom. The Morgan fingerprint density at radius 1 is 1.33 bits per heavy atom. The summed E-state index contributed by atoms with van der Waals surface area (Å²) >= 11 is 0. The van der Waals surface area contributed by atoms with Gasteiger partial charge in [0.05, 0.1) is 5.69 Å². The summed E-state index contributed by atoms with van der Waals surface area (Å²) in [4.78, 5) is 26.8. The van der Waals surface area contributed by atoms with Gasteiger partial charge in [-0.1, -0.05) is 6.92 Å². The highest BCUT2D eigenvalue weighted by atomic mass is 16.1. The van der Waals surface area contributed by atoms with Crippen molar-refractivity contribution in [3.05, 3.63) is 40.1 Å². The largest absolute Gasteiger partial charge is 0.311 e. The van der Waals surface area contributed by atoms with Crippen LogP contribution in [-0.2, 0) is 6.54 Å². The van der Waals surface area contributed by atoms with Crippen LogP contribution in [-0.4, -0.2) is 26.5 Å². The summed E-state index contributed by atoms with van der Waals surface area (Å²) in [6, 6.07) is 1.47. The molecule has 6 nitrogen and oxygen atoms in total. The molecule has 2 aromatic rings. The Hall–Kier alpha value is -2.08. The van der Waals surface area contributed by atoms with Crippen molar-refractivity contribution in [2.24, 2.45) is 0 Å². The fraction of sp³-hybridized carbons (Fsp3) is 0.333. The molecule has 0 aliphatic heterocycles. The fourth-order valence-electron chi connectivity index (χ4n) is 1.47. The summed E-state index contributed by atoms with van der Waals surface area (Å²) in [6.07, 6.45) is 3.39. The molecule has 0 saturated carbocycles. The Kier molecular flexibility index (Phi) is 3.78. The number of rotatable bonds is 4. The maximum atomic E-state index is 11.5. The molecule has 2 N–H and O–H groups in total. The minimum absolute atomic E-state index is 0.197. The van der Waals surface area contributed by atoms with Gasteiger partial charge in [0, 0.05) is 25.0 Å². The molecule has 0 atom stereocenters. The van der Waals surface area contributed by atoms with Crippen molar-refractivity contribution in [3.63, 3.8) is 0 Å². The van der Waals surface area contributed by atoms with Crippen molar-refractivity contribution in [1.29, 1.82) is 0 Å². The Morgan fingerprint density at radius 2 is 2.06 bits per heavy atom. The van der Waals surface area contributed by atoms with E-state index in [0.717, 1.165) is 12.1 Å². The van der Waals surface area contributed by atoms with Crippen LogP contribution < -0.4 is 10.9 Å². The van der Waals surface area contributed by atoms with E-state index in [1.807, 2.05) is 13.8 Å². The second-order valence-electron chi connectivity index (χ2n) is 3.95. The minimum Gasteiger partial charge on any atom is -0.311 e. The Bertz CT molecular complexity index is 576. The molecular formula is C12H15N5O. The van der Waals surface area contributed by atoms with E-state index < -0.39 is 0 Å². The van der Waals surface area contributed by atoms with Crippen LogP contribution in [0.2, 0.25) is 0 Å². The van der Waals surface area contributed by atoms with Crippen LogP contribution in [0.5, 0.6) is 0 Å². The van der Waals surface area contributed by atoms with Gasteiger partial charge in [0.2, 0.25) is 0 Å². The first-order valence-corrected chi connectivity index (χ1v) is 5.79. The molecule has 0 fully saturated rings. The molecule has 94 valence electrons. The van der Waals surface area contributed by atoms with Crippen molar-refractivity contribution in [2.45, 2.75) is 20.4 Å². The molecule has 6 heteroatoms. The molecule has 0 unspecified atom stereocenters. The molecule has 2 rings (SSSR count). The van der Waals surface area contributed by atoms with Crippen molar-refractivity contribution in [1.82, 2.24) is 25.3 Å². The minimum atomic E-state index is -0.197. The predicted octanol–water partition coefficient (Wildman–Crippen LogP) is 0.645. The molecule has 2 heterocycles. The van der Waals surface area contributed by atoms with E-state index in [1.54, 1.807) is 12.4 Å². The van der Waals surface area contributed by atoms with Gasteiger partial charge in [-0.05, 0) is 19.0 Å². The van der Waals surface area contributed by atoms with Crippen LogP contribution in [0.4, 0.5) is 0 Å². The van der Waals surface area contributed by atoms with E-state index in [1.165, 1.54) is 6.07 Å². The number of aromatic nitrogens is 4. The van der Waals surface area contributed by atoms with Crippen LogP contribution in [0.3, 0.4) is 0 Å². The van der Waals surface area contributed by atoms with Gasteiger partial charge in [0.1, 0.15) is 0 Å². The van der Waals surface area contributed by atoms with Crippen LogP contribution in [0.15, 0.2) is 23.3 Å².